The molecule has 2 aliphatic heterocycles. The standard InChI is InChI=1S/C15H16N2O3/c18-13-10-6-2-3-7-11(10)16-14(12(13)15(19)20)17-8-4-1-5-9-17/h2-3,6-7,12H,1,4-5,8-9H2,(H,19,20). The molecule has 104 valence electrons. The zero-order chi connectivity index (χ0) is 14.1. The van der Waals surface area contributed by atoms with Crippen molar-refractivity contribution in [2.75, 3.05) is 13.1 Å². The Hall–Kier alpha value is -2.17. The number of fused-ring (bicyclic) bond motifs is 1. The number of carbonyl (C=O) groups is 2. The number of ketones is 1. The number of aliphatic carboxylic acids is 1. The molecular weight excluding hydrogens is 256 g/mol. The van der Waals surface area contributed by atoms with E-state index in [4.69, 9.17) is 0 Å². The number of benzene rings is 1. The quantitative estimate of drug-likeness (QED) is 0.795. The average molecular weight is 272 g/mol. The number of rotatable bonds is 1. The fourth-order valence-electron chi connectivity index (χ4n) is 2.84. The van der Waals surface area contributed by atoms with Crippen LogP contribution >= 0.6 is 0 Å². The lowest BCUT2D eigenvalue weighted by Gasteiger charge is -2.34. The molecule has 1 fully saturated rings. The third-order valence-corrected chi connectivity index (χ3v) is 3.85. The van der Waals surface area contributed by atoms with Crippen LogP contribution in [0.2, 0.25) is 0 Å². The number of hydrogen-bond donors (Lipinski definition) is 1. The highest BCUT2D eigenvalue weighted by Gasteiger charge is 2.39. The molecule has 0 aromatic heterocycles. The first-order chi connectivity index (χ1) is 9.68. The summed E-state index contributed by atoms with van der Waals surface area (Å²) < 4.78 is 0. The first-order valence-corrected chi connectivity index (χ1v) is 6.88. The number of hydrogen-bond acceptors (Lipinski definition) is 4. The number of carbonyl (C=O) groups excluding carboxylic acids is 1. The van der Waals surface area contributed by atoms with Gasteiger partial charge in [-0.25, -0.2) is 4.99 Å². The van der Waals surface area contributed by atoms with Crippen molar-refractivity contribution in [3.63, 3.8) is 0 Å². The van der Waals surface area contributed by atoms with E-state index >= 15 is 0 Å². The second-order valence-corrected chi connectivity index (χ2v) is 5.17. The van der Waals surface area contributed by atoms with E-state index < -0.39 is 11.9 Å². The highest BCUT2D eigenvalue weighted by molar-refractivity contribution is 6.26. The lowest BCUT2D eigenvalue weighted by atomic mass is 9.91. The maximum atomic E-state index is 12.4. The monoisotopic (exact) mass is 272 g/mol. The molecule has 1 atom stereocenters. The van der Waals surface area contributed by atoms with Crippen LogP contribution in [0.5, 0.6) is 0 Å². The second-order valence-electron chi connectivity index (χ2n) is 5.17. The Morgan fingerprint density at radius 1 is 1.20 bits per heavy atom. The van der Waals surface area contributed by atoms with Crippen molar-refractivity contribution in [1.29, 1.82) is 0 Å². The third-order valence-electron chi connectivity index (χ3n) is 3.85. The van der Waals surface area contributed by atoms with Crippen molar-refractivity contribution in [2.45, 2.75) is 19.3 Å². The van der Waals surface area contributed by atoms with Crippen molar-refractivity contribution in [1.82, 2.24) is 4.90 Å². The van der Waals surface area contributed by atoms with E-state index in [1.54, 1.807) is 18.2 Å². The van der Waals surface area contributed by atoms with Gasteiger partial charge in [0.05, 0.1) is 5.69 Å². The zero-order valence-electron chi connectivity index (χ0n) is 11.1. The molecular formula is C15H16N2O3. The van der Waals surface area contributed by atoms with Crippen LogP contribution in [-0.4, -0.2) is 40.7 Å². The lowest BCUT2D eigenvalue weighted by Crippen LogP contribution is -2.46. The number of para-hydroxylation sites is 1. The van der Waals surface area contributed by atoms with Crippen LogP contribution in [0.1, 0.15) is 29.6 Å². The van der Waals surface area contributed by atoms with Crippen LogP contribution in [-0.2, 0) is 4.79 Å². The van der Waals surface area contributed by atoms with Gasteiger partial charge in [0.15, 0.2) is 11.7 Å². The highest BCUT2D eigenvalue weighted by Crippen LogP contribution is 2.30. The van der Waals surface area contributed by atoms with E-state index in [2.05, 4.69) is 4.99 Å². The van der Waals surface area contributed by atoms with E-state index in [9.17, 15) is 14.7 Å². The Morgan fingerprint density at radius 2 is 1.90 bits per heavy atom. The first-order valence-electron chi connectivity index (χ1n) is 6.88. The number of carboxylic acids is 1. The van der Waals surface area contributed by atoms with Crippen molar-refractivity contribution in [2.24, 2.45) is 10.9 Å². The van der Waals surface area contributed by atoms with Gasteiger partial charge < -0.3 is 10.0 Å². The normalized spacial score (nSPS) is 22.2. The molecule has 3 rings (SSSR count). The van der Waals surface area contributed by atoms with Crippen molar-refractivity contribution >= 4 is 23.3 Å². The minimum absolute atomic E-state index is 0.358. The van der Waals surface area contributed by atoms with Crippen LogP contribution in [0.3, 0.4) is 0 Å². The van der Waals surface area contributed by atoms with E-state index in [1.165, 1.54) is 0 Å². The van der Waals surface area contributed by atoms with E-state index in [0.717, 1.165) is 32.4 Å². The molecule has 0 spiro atoms. The number of aliphatic imine (C=N–C) groups is 1. The second kappa shape index (κ2) is 5.07. The largest absolute Gasteiger partial charge is 0.480 e. The summed E-state index contributed by atoms with van der Waals surface area (Å²) in [4.78, 5) is 30.3. The molecule has 1 aromatic carbocycles. The Kier molecular flexibility index (Phi) is 3.26. The Labute approximate surface area is 116 Å². The molecule has 1 unspecified atom stereocenters. The Balaban J connectivity index is 2.06. The summed E-state index contributed by atoms with van der Waals surface area (Å²) in [6, 6.07) is 6.95. The molecule has 0 aliphatic carbocycles. The minimum Gasteiger partial charge on any atom is -0.480 e. The van der Waals surface area contributed by atoms with Crippen LogP contribution in [0.15, 0.2) is 29.3 Å². The fourth-order valence-corrected chi connectivity index (χ4v) is 2.84. The molecule has 20 heavy (non-hydrogen) atoms. The number of nitrogens with zero attached hydrogens (tertiary/aromatic N) is 2. The lowest BCUT2D eigenvalue weighted by molar-refractivity contribution is -0.138. The summed E-state index contributed by atoms with van der Waals surface area (Å²) in [7, 11) is 0. The zero-order valence-corrected chi connectivity index (χ0v) is 11.1. The first kappa shape index (κ1) is 12.8. The average Bonchev–Trinajstić information content (AvgIpc) is 2.47. The summed E-state index contributed by atoms with van der Waals surface area (Å²) in [5, 5.41) is 9.41. The molecule has 0 radical (unpaired) electrons. The molecule has 5 heteroatoms. The van der Waals surface area contributed by atoms with E-state index in [-0.39, 0.29) is 5.78 Å². The molecule has 0 amide bonds. The van der Waals surface area contributed by atoms with E-state index in [0.29, 0.717) is 17.1 Å². The number of carboxylic acid groups (broad SMARTS) is 1. The minimum atomic E-state index is -1.16. The predicted octanol–water partition coefficient (Wildman–Crippen LogP) is 2.10. The van der Waals surface area contributed by atoms with Crippen LogP contribution < -0.4 is 0 Å². The maximum Gasteiger partial charge on any atom is 0.322 e. The van der Waals surface area contributed by atoms with Gasteiger partial charge in [-0.05, 0) is 31.4 Å². The Morgan fingerprint density at radius 3 is 2.60 bits per heavy atom. The third kappa shape index (κ3) is 2.09. The number of Topliss-reactive ketones (excluding diaryl/α,β-unsaturated/α-hetero) is 1. The van der Waals surface area contributed by atoms with Gasteiger partial charge in [0.1, 0.15) is 5.84 Å². The number of piperidine rings is 1. The topological polar surface area (TPSA) is 70.0 Å². The van der Waals surface area contributed by atoms with Gasteiger partial charge in [-0.15, -0.1) is 0 Å². The molecule has 1 aromatic rings. The summed E-state index contributed by atoms with van der Waals surface area (Å²) in [6.07, 6.45) is 3.18. The SMILES string of the molecule is O=C(O)C1C(=O)c2ccccc2N=C1N1CCCCC1. The summed E-state index contributed by atoms with van der Waals surface area (Å²) in [5.74, 6) is -2.23. The number of amidine groups is 1. The van der Waals surface area contributed by atoms with Gasteiger partial charge >= 0.3 is 5.97 Å². The van der Waals surface area contributed by atoms with E-state index in [1.807, 2.05) is 11.0 Å². The highest BCUT2D eigenvalue weighted by atomic mass is 16.4. The molecule has 1 saturated heterocycles. The molecule has 2 aliphatic rings. The maximum absolute atomic E-state index is 12.4. The van der Waals surface area contributed by atoms with Gasteiger partial charge in [0, 0.05) is 18.7 Å². The molecule has 1 N–H and O–H groups in total. The number of likely N-dealkylation sites (tertiary alicyclic amines) is 1. The summed E-state index contributed by atoms with van der Waals surface area (Å²) in [6.45, 7) is 1.55. The Bertz CT molecular complexity index is 589. The molecule has 2 heterocycles. The smallest absolute Gasteiger partial charge is 0.322 e. The van der Waals surface area contributed by atoms with Gasteiger partial charge in [-0.2, -0.15) is 0 Å². The summed E-state index contributed by atoms with van der Waals surface area (Å²) >= 11 is 0. The van der Waals surface area contributed by atoms with Gasteiger partial charge in [-0.3, -0.25) is 9.59 Å². The molecule has 5 nitrogen and oxygen atoms in total. The van der Waals surface area contributed by atoms with Crippen molar-refractivity contribution in [3.05, 3.63) is 29.8 Å². The van der Waals surface area contributed by atoms with Crippen LogP contribution in [0.25, 0.3) is 0 Å². The van der Waals surface area contributed by atoms with Crippen molar-refractivity contribution < 1.29 is 14.7 Å². The molecule has 0 bridgehead atoms. The fraction of sp³-hybridized carbons (Fsp3) is 0.400. The van der Waals surface area contributed by atoms with Crippen LogP contribution in [0, 0.1) is 5.92 Å². The predicted molar refractivity (Wildman–Crippen MR) is 74.4 cm³/mol. The van der Waals surface area contributed by atoms with Crippen molar-refractivity contribution in [3.8, 4) is 0 Å². The van der Waals surface area contributed by atoms with Crippen LogP contribution in [0.4, 0.5) is 5.69 Å². The van der Waals surface area contributed by atoms with Gasteiger partial charge in [0.2, 0.25) is 0 Å². The van der Waals surface area contributed by atoms with Gasteiger partial charge in [-0.1, -0.05) is 12.1 Å². The van der Waals surface area contributed by atoms with Gasteiger partial charge in [0.25, 0.3) is 0 Å². The summed E-state index contributed by atoms with van der Waals surface area (Å²) in [5.41, 5.74) is 0.983. The molecule has 0 saturated carbocycles.